The predicted octanol–water partition coefficient (Wildman–Crippen LogP) is 4.02. The smallest absolute Gasteiger partial charge is 0.254 e. The van der Waals surface area contributed by atoms with E-state index in [9.17, 15) is 19.1 Å². The van der Waals surface area contributed by atoms with Gasteiger partial charge in [-0.2, -0.15) is 0 Å². The first-order valence-corrected chi connectivity index (χ1v) is 10.9. The number of carbonyl (C=O) groups excluding carboxylic acids is 2. The van der Waals surface area contributed by atoms with Crippen molar-refractivity contribution in [3.63, 3.8) is 0 Å². The number of hydrogen-bond donors (Lipinski definition) is 2. The van der Waals surface area contributed by atoms with Crippen LogP contribution in [0, 0.1) is 5.82 Å². The van der Waals surface area contributed by atoms with Crippen LogP contribution in [0.15, 0.2) is 72.1 Å². The summed E-state index contributed by atoms with van der Waals surface area (Å²) in [7, 11) is 0. The number of halogens is 1. The Labute approximate surface area is 184 Å². The number of benzene rings is 2. The molecule has 0 radical (unpaired) electrons. The zero-order valence-electron chi connectivity index (χ0n) is 17.0. The summed E-state index contributed by atoms with van der Waals surface area (Å²) in [6.07, 6.45) is 0.307. The quantitative estimate of drug-likeness (QED) is 0.646. The Hall–Kier alpha value is -3.03. The van der Waals surface area contributed by atoms with Crippen molar-refractivity contribution in [1.82, 2.24) is 10.2 Å². The molecule has 1 aliphatic rings. The largest absolute Gasteiger partial charge is 0.388 e. The number of likely N-dealkylation sites (tertiary alicyclic amines) is 1. The Bertz CT molecular complexity index is 1050. The van der Waals surface area contributed by atoms with E-state index >= 15 is 0 Å². The number of piperidine rings is 1. The van der Waals surface area contributed by atoms with Crippen LogP contribution in [0.25, 0.3) is 0 Å². The van der Waals surface area contributed by atoms with Crippen LogP contribution in [0.5, 0.6) is 0 Å². The molecule has 4 rings (SSSR count). The zero-order valence-corrected chi connectivity index (χ0v) is 17.8. The van der Waals surface area contributed by atoms with Gasteiger partial charge in [0.15, 0.2) is 0 Å². The highest BCUT2D eigenvalue weighted by Crippen LogP contribution is 2.39. The number of carbonyl (C=O) groups is 2. The summed E-state index contributed by atoms with van der Waals surface area (Å²) in [6, 6.07) is 16.7. The van der Waals surface area contributed by atoms with Crippen molar-refractivity contribution in [3.8, 4) is 0 Å². The van der Waals surface area contributed by atoms with E-state index in [4.69, 9.17) is 0 Å². The maximum absolute atomic E-state index is 13.3. The molecule has 160 valence electrons. The normalized spacial score (nSPS) is 23.4. The topological polar surface area (TPSA) is 69.6 Å². The molecule has 0 bridgehead atoms. The summed E-state index contributed by atoms with van der Waals surface area (Å²) in [5.74, 6) is -1.02. The third kappa shape index (κ3) is 4.38. The van der Waals surface area contributed by atoms with E-state index in [0.29, 0.717) is 18.5 Å². The first-order chi connectivity index (χ1) is 14.9. The minimum Gasteiger partial charge on any atom is -0.388 e. The molecule has 3 unspecified atom stereocenters. The summed E-state index contributed by atoms with van der Waals surface area (Å²) >= 11 is 1.47. The lowest BCUT2D eigenvalue weighted by Gasteiger charge is -2.48. The predicted molar refractivity (Wildman–Crippen MR) is 117 cm³/mol. The molecular formula is C24H23FN2O3S. The number of nitrogens with one attached hydrogen (secondary N) is 1. The first kappa shape index (κ1) is 21.2. The number of amides is 2. The SMILES string of the molecule is CC1(O)CCN(C(=O)c2ccccc2)C(c2cccs2)C1NC(=O)c1ccc(F)cc1. The molecule has 2 amide bonds. The highest BCUT2D eigenvalue weighted by Gasteiger charge is 2.48. The Morgan fingerprint density at radius 2 is 1.77 bits per heavy atom. The average Bonchev–Trinajstić information content (AvgIpc) is 3.30. The molecule has 2 heterocycles. The molecule has 1 fully saturated rings. The fourth-order valence-corrected chi connectivity index (χ4v) is 4.85. The maximum atomic E-state index is 13.3. The van der Waals surface area contributed by atoms with Crippen molar-refractivity contribution >= 4 is 23.2 Å². The van der Waals surface area contributed by atoms with Crippen LogP contribution in [0.1, 0.15) is 45.0 Å². The lowest BCUT2D eigenvalue weighted by Crippen LogP contribution is -2.63. The highest BCUT2D eigenvalue weighted by atomic mass is 32.1. The summed E-state index contributed by atoms with van der Waals surface area (Å²) in [5, 5.41) is 16.0. The van der Waals surface area contributed by atoms with E-state index < -0.39 is 29.4 Å². The van der Waals surface area contributed by atoms with Crippen molar-refractivity contribution in [2.45, 2.75) is 31.0 Å². The van der Waals surface area contributed by atoms with Gasteiger partial charge in [0, 0.05) is 22.5 Å². The Morgan fingerprint density at radius 1 is 1.06 bits per heavy atom. The van der Waals surface area contributed by atoms with Crippen LogP contribution in [0.3, 0.4) is 0 Å². The fraction of sp³-hybridized carbons (Fsp3) is 0.250. The summed E-state index contributed by atoms with van der Waals surface area (Å²) < 4.78 is 13.3. The fourth-order valence-electron chi connectivity index (χ4n) is 3.97. The molecule has 3 aromatic rings. The van der Waals surface area contributed by atoms with Gasteiger partial charge >= 0.3 is 0 Å². The molecule has 1 saturated heterocycles. The van der Waals surface area contributed by atoms with E-state index in [-0.39, 0.29) is 11.5 Å². The van der Waals surface area contributed by atoms with Crippen LogP contribution in [0.2, 0.25) is 0 Å². The van der Waals surface area contributed by atoms with E-state index in [1.165, 1.54) is 35.6 Å². The molecule has 1 aromatic heterocycles. The number of hydrogen-bond acceptors (Lipinski definition) is 4. The highest BCUT2D eigenvalue weighted by molar-refractivity contribution is 7.10. The van der Waals surface area contributed by atoms with E-state index in [0.717, 1.165) is 4.88 Å². The number of aliphatic hydroxyl groups is 1. The van der Waals surface area contributed by atoms with Gasteiger partial charge in [-0.3, -0.25) is 9.59 Å². The van der Waals surface area contributed by atoms with E-state index in [1.807, 2.05) is 23.6 Å². The zero-order chi connectivity index (χ0) is 22.0. The van der Waals surface area contributed by atoms with Crippen LogP contribution < -0.4 is 5.32 Å². The average molecular weight is 439 g/mol. The third-order valence-electron chi connectivity index (χ3n) is 5.69. The van der Waals surface area contributed by atoms with Crippen molar-refractivity contribution in [2.24, 2.45) is 0 Å². The molecule has 5 nitrogen and oxygen atoms in total. The van der Waals surface area contributed by atoms with Crippen molar-refractivity contribution in [1.29, 1.82) is 0 Å². The van der Waals surface area contributed by atoms with Gasteiger partial charge in [0.05, 0.1) is 17.7 Å². The van der Waals surface area contributed by atoms with Gasteiger partial charge in [-0.25, -0.2) is 4.39 Å². The van der Waals surface area contributed by atoms with Gasteiger partial charge in [-0.15, -0.1) is 11.3 Å². The second-order valence-electron chi connectivity index (χ2n) is 7.89. The van der Waals surface area contributed by atoms with Crippen LogP contribution >= 0.6 is 11.3 Å². The van der Waals surface area contributed by atoms with E-state index in [1.54, 1.807) is 36.1 Å². The molecule has 31 heavy (non-hydrogen) atoms. The van der Waals surface area contributed by atoms with Crippen LogP contribution in [0.4, 0.5) is 4.39 Å². The molecular weight excluding hydrogens is 415 g/mol. The Balaban J connectivity index is 1.70. The van der Waals surface area contributed by atoms with Gasteiger partial charge in [0.1, 0.15) is 5.82 Å². The molecule has 0 spiro atoms. The lowest BCUT2D eigenvalue weighted by atomic mass is 9.81. The van der Waals surface area contributed by atoms with Gasteiger partial charge in [0.25, 0.3) is 11.8 Å². The second-order valence-corrected chi connectivity index (χ2v) is 8.87. The van der Waals surface area contributed by atoms with Crippen molar-refractivity contribution in [2.75, 3.05) is 6.54 Å². The van der Waals surface area contributed by atoms with Gasteiger partial charge in [0.2, 0.25) is 0 Å². The lowest BCUT2D eigenvalue weighted by molar-refractivity contribution is -0.0541. The van der Waals surface area contributed by atoms with Crippen molar-refractivity contribution < 1.29 is 19.1 Å². The number of rotatable bonds is 4. The number of thiophene rings is 1. The summed E-state index contributed by atoms with van der Waals surface area (Å²) in [4.78, 5) is 28.9. The van der Waals surface area contributed by atoms with E-state index in [2.05, 4.69) is 5.32 Å². The first-order valence-electron chi connectivity index (χ1n) is 10.0. The number of nitrogens with zero attached hydrogens (tertiary/aromatic N) is 1. The van der Waals surface area contributed by atoms with Gasteiger partial charge < -0.3 is 15.3 Å². The summed E-state index contributed by atoms with van der Waals surface area (Å²) in [5.41, 5.74) is -0.402. The Morgan fingerprint density at radius 3 is 2.42 bits per heavy atom. The molecule has 0 saturated carbocycles. The molecule has 0 aliphatic carbocycles. The van der Waals surface area contributed by atoms with Gasteiger partial charge in [-0.05, 0) is 61.2 Å². The van der Waals surface area contributed by atoms with Crippen molar-refractivity contribution in [3.05, 3.63) is 93.9 Å². The maximum Gasteiger partial charge on any atom is 0.254 e. The third-order valence-corrected chi connectivity index (χ3v) is 6.63. The molecule has 7 heteroatoms. The standard InChI is InChI=1S/C24H23FN2O3S/c1-24(30)13-14-27(23(29)17-6-3-2-4-7-17)20(19-8-5-15-31-19)21(24)26-22(28)16-9-11-18(25)12-10-16/h2-12,15,20-21,30H,13-14H2,1H3,(H,26,28). The van der Waals surface area contributed by atoms with Gasteiger partial charge in [-0.1, -0.05) is 24.3 Å². The Kier molecular flexibility index (Phi) is 5.89. The molecule has 2 N–H and O–H groups in total. The van der Waals surface area contributed by atoms with Crippen LogP contribution in [-0.2, 0) is 0 Å². The molecule has 3 atom stereocenters. The minimum absolute atomic E-state index is 0.157. The minimum atomic E-state index is -1.24. The molecule has 2 aromatic carbocycles. The molecule has 1 aliphatic heterocycles. The summed E-state index contributed by atoms with van der Waals surface area (Å²) in [6.45, 7) is 2.03. The monoisotopic (exact) mass is 438 g/mol. The van der Waals surface area contributed by atoms with Crippen LogP contribution in [-0.4, -0.2) is 40.0 Å². The second kappa shape index (κ2) is 8.61.